The number of allylic oxidation sites excluding steroid dienone is 2. The monoisotopic (exact) mass is 508 g/mol. The molecular weight excluding hydrogens is 472 g/mol. The predicted molar refractivity (Wildman–Crippen MR) is 154 cm³/mol. The fraction of sp³-hybridized carbons (Fsp3) is 0.312. The number of aromatic nitrogens is 2. The van der Waals surface area contributed by atoms with Crippen LogP contribution in [0.5, 0.6) is 0 Å². The molecule has 5 rings (SSSR count). The van der Waals surface area contributed by atoms with E-state index in [2.05, 4.69) is 73.6 Å². The van der Waals surface area contributed by atoms with Crippen molar-refractivity contribution in [1.29, 1.82) is 0 Å². The molecule has 1 fully saturated rings. The number of benzene rings is 2. The van der Waals surface area contributed by atoms with Crippen molar-refractivity contribution in [2.24, 2.45) is 0 Å². The van der Waals surface area contributed by atoms with Gasteiger partial charge in [0.1, 0.15) is 12.1 Å². The molecule has 3 heterocycles. The molecule has 0 bridgehead atoms. The third-order valence-electron chi connectivity index (χ3n) is 8.02. The molecule has 1 aliphatic rings. The molecule has 0 aliphatic carbocycles. The van der Waals surface area contributed by atoms with Crippen LogP contribution in [0.3, 0.4) is 0 Å². The lowest BCUT2D eigenvalue weighted by Gasteiger charge is -2.31. The zero-order valence-electron chi connectivity index (χ0n) is 22.6. The molecule has 2 aromatic carbocycles. The Morgan fingerprint density at radius 2 is 1.05 bits per heavy atom. The van der Waals surface area contributed by atoms with Gasteiger partial charge in [-0.25, -0.2) is 0 Å². The van der Waals surface area contributed by atoms with Crippen LogP contribution in [-0.4, -0.2) is 33.9 Å². The van der Waals surface area contributed by atoms with Gasteiger partial charge in [0.15, 0.2) is 0 Å². The van der Waals surface area contributed by atoms with Crippen LogP contribution in [0.4, 0.5) is 0 Å². The van der Waals surface area contributed by atoms with Crippen molar-refractivity contribution < 1.29 is 9.59 Å². The van der Waals surface area contributed by atoms with E-state index in [0.717, 1.165) is 44.3 Å². The summed E-state index contributed by atoms with van der Waals surface area (Å²) >= 11 is 0. The Balaban J connectivity index is 1.43. The summed E-state index contributed by atoms with van der Waals surface area (Å²) < 4.78 is 0. The number of nitrogens with one attached hydrogen (secondary N) is 4. The molecular formula is C32H36N4O2. The van der Waals surface area contributed by atoms with Crippen molar-refractivity contribution >= 4 is 33.6 Å². The van der Waals surface area contributed by atoms with Gasteiger partial charge in [-0.1, -0.05) is 76.2 Å². The van der Waals surface area contributed by atoms with Gasteiger partial charge in [0, 0.05) is 56.9 Å². The summed E-state index contributed by atoms with van der Waals surface area (Å²) in [5.41, 5.74) is 5.42. The van der Waals surface area contributed by atoms with Gasteiger partial charge in [-0.15, -0.1) is 13.2 Å². The van der Waals surface area contributed by atoms with Crippen molar-refractivity contribution in [2.75, 3.05) is 0 Å². The van der Waals surface area contributed by atoms with Crippen LogP contribution in [0.1, 0.15) is 50.2 Å². The number of carbonyl (C=O) groups is 2. The number of fused-ring (bicyclic) bond motifs is 2. The van der Waals surface area contributed by atoms with E-state index in [0.29, 0.717) is 12.8 Å². The SMILES string of the molecule is C=CC(C)(C)c1[nH]c2ccccc2c1C[C@@H]1NC(=O)[C@@H](Cc2c(C(C)(C)C=C)[nH]c3ccccc23)NC1=O. The molecule has 2 atom stereocenters. The molecule has 0 unspecified atom stereocenters. The number of hydrogen-bond acceptors (Lipinski definition) is 2. The Bertz CT molecular complexity index is 1450. The first-order chi connectivity index (χ1) is 18.1. The van der Waals surface area contributed by atoms with Gasteiger partial charge >= 0.3 is 0 Å². The van der Waals surface area contributed by atoms with Gasteiger partial charge in [0.2, 0.25) is 11.8 Å². The van der Waals surface area contributed by atoms with Crippen molar-refractivity contribution in [3.63, 3.8) is 0 Å². The van der Waals surface area contributed by atoms with Crippen molar-refractivity contribution in [1.82, 2.24) is 20.6 Å². The number of H-pyrrole nitrogens is 2. The van der Waals surface area contributed by atoms with Gasteiger partial charge in [-0.05, 0) is 23.3 Å². The van der Waals surface area contributed by atoms with Crippen LogP contribution < -0.4 is 10.6 Å². The first kappa shape index (κ1) is 25.6. The molecule has 1 saturated heterocycles. The molecule has 4 N–H and O–H groups in total. The maximum Gasteiger partial charge on any atom is 0.243 e. The summed E-state index contributed by atoms with van der Waals surface area (Å²) in [5, 5.41) is 8.16. The smallest absolute Gasteiger partial charge is 0.243 e. The molecule has 0 radical (unpaired) electrons. The summed E-state index contributed by atoms with van der Waals surface area (Å²) in [7, 11) is 0. The van der Waals surface area contributed by atoms with Crippen LogP contribution in [0.15, 0.2) is 73.8 Å². The minimum absolute atomic E-state index is 0.174. The Hall–Kier alpha value is -4.06. The van der Waals surface area contributed by atoms with Crippen LogP contribution in [0.25, 0.3) is 21.8 Å². The zero-order valence-corrected chi connectivity index (χ0v) is 22.6. The molecule has 38 heavy (non-hydrogen) atoms. The summed E-state index contributed by atoms with van der Waals surface area (Å²) in [6, 6.07) is 14.8. The number of carbonyl (C=O) groups excluding carboxylic acids is 2. The Morgan fingerprint density at radius 1 is 0.684 bits per heavy atom. The third-order valence-corrected chi connectivity index (χ3v) is 8.02. The lowest BCUT2D eigenvalue weighted by molar-refractivity contribution is -0.136. The van der Waals surface area contributed by atoms with E-state index in [1.165, 1.54) is 0 Å². The van der Waals surface area contributed by atoms with Crippen LogP contribution in [0, 0.1) is 0 Å². The van der Waals surface area contributed by atoms with Gasteiger partial charge in [0.25, 0.3) is 0 Å². The number of para-hydroxylation sites is 2. The van der Waals surface area contributed by atoms with E-state index in [1.807, 2.05) is 48.6 Å². The second-order valence-corrected chi connectivity index (χ2v) is 11.4. The summed E-state index contributed by atoms with van der Waals surface area (Å²) in [6.07, 6.45) is 4.59. The minimum Gasteiger partial charge on any atom is -0.357 e. The average Bonchev–Trinajstić information content (AvgIpc) is 3.47. The fourth-order valence-electron chi connectivity index (χ4n) is 5.50. The van der Waals surface area contributed by atoms with Crippen LogP contribution in [0.2, 0.25) is 0 Å². The predicted octanol–water partition coefficient (Wildman–Crippen LogP) is 5.34. The van der Waals surface area contributed by atoms with Crippen molar-refractivity contribution in [2.45, 2.75) is 63.5 Å². The Morgan fingerprint density at radius 3 is 1.42 bits per heavy atom. The molecule has 2 amide bonds. The lowest BCUT2D eigenvalue weighted by atomic mass is 9.84. The standard InChI is InChI=1S/C32H36N4O2/c1-7-31(3,4)27-21(19-13-9-11-15-23(19)33-27)17-25-29(37)36-26(30(38)35-25)18-22-20-14-10-12-16-24(20)34-28(22)32(5,6)8-2/h7-16,25-26,33-34H,1-2,17-18H2,3-6H3,(H,35,38)(H,36,37)/t25-,26+. The lowest BCUT2D eigenvalue weighted by Crippen LogP contribution is -2.63. The Labute approximate surface area is 223 Å². The quantitative estimate of drug-likeness (QED) is 0.242. The molecule has 6 nitrogen and oxygen atoms in total. The normalized spacial score (nSPS) is 18.4. The first-order valence-corrected chi connectivity index (χ1v) is 13.1. The highest BCUT2D eigenvalue weighted by Gasteiger charge is 2.37. The maximum atomic E-state index is 13.4. The molecule has 4 aromatic rings. The molecule has 1 aliphatic heterocycles. The van der Waals surface area contributed by atoms with E-state index in [-0.39, 0.29) is 22.6 Å². The third kappa shape index (κ3) is 4.34. The van der Waals surface area contributed by atoms with Crippen molar-refractivity contribution in [3.8, 4) is 0 Å². The zero-order chi connectivity index (χ0) is 27.2. The molecule has 6 heteroatoms. The fourth-order valence-corrected chi connectivity index (χ4v) is 5.50. The highest BCUT2D eigenvalue weighted by Crippen LogP contribution is 2.35. The van der Waals surface area contributed by atoms with Gasteiger partial charge in [0.05, 0.1) is 0 Å². The first-order valence-electron chi connectivity index (χ1n) is 13.1. The van der Waals surface area contributed by atoms with Gasteiger partial charge in [-0.3, -0.25) is 9.59 Å². The number of hydrogen-bond donors (Lipinski definition) is 4. The number of aromatic amines is 2. The average molecular weight is 509 g/mol. The summed E-state index contributed by atoms with van der Waals surface area (Å²) in [5.74, 6) is -0.349. The van der Waals surface area contributed by atoms with E-state index in [1.54, 1.807) is 0 Å². The number of rotatable bonds is 8. The maximum absolute atomic E-state index is 13.4. The number of piperazine rings is 1. The molecule has 0 spiro atoms. The topological polar surface area (TPSA) is 89.8 Å². The number of amides is 2. The van der Waals surface area contributed by atoms with Crippen LogP contribution in [-0.2, 0) is 33.3 Å². The van der Waals surface area contributed by atoms with E-state index in [9.17, 15) is 9.59 Å². The minimum atomic E-state index is -0.663. The Kier molecular flexibility index (Phi) is 6.30. The van der Waals surface area contributed by atoms with E-state index < -0.39 is 12.1 Å². The van der Waals surface area contributed by atoms with E-state index >= 15 is 0 Å². The van der Waals surface area contributed by atoms with Gasteiger partial charge in [-0.2, -0.15) is 0 Å². The summed E-state index contributed by atoms with van der Waals surface area (Å²) in [6.45, 7) is 16.4. The molecule has 196 valence electrons. The second kappa shape index (κ2) is 9.35. The van der Waals surface area contributed by atoms with E-state index in [4.69, 9.17) is 0 Å². The van der Waals surface area contributed by atoms with Crippen molar-refractivity contribution in [3.05, 3.63) is 96.4 Å². The second-order valence-electron chi connectivity index (χ2n) is 11.4. The largest absolute Gasteiger partial charge is 0.357 e. The van der Waals surface area contributed by atoms with Crippen LogP contribution >= 0.6 is 0 Å². The highest BCUT2D eigenvalue weighted by atomic mass is 16.2. The molecule has 2 aromatic heterocycles. The highest BCUT2D eigenvalue weighted by molar-refractivity contribution is 5.98. The molecule has 0 saturated carbocycles. The van der Waals surface area contributed by atoms with Gasteiger partial charge < -0.3 is 20.6 Å². The summed E-state index contributed by atoms with van der Waals surface area (Å²) in [4.78, 5) is 33.8.